The number of urea groups is 1. The summed E-state index contributed by atoms with van der Waals surface area (Å²) in [6.45, 7) is 0.702. The first-order valence-electron chi connectivity index (χ1n) is 6.84. The fourth-order valence-electron chi connectivity index (χ4n) is 2.06. The lowest BCUT2D eigenvalue weighted by molar-refractivity contribution is -0.138. The predicted octanol–water partition coefficient (Wildman–Crippen LogP) is -0.0162. The van der Waals surface area contributed by atoms with Crippen LogP contribution in [0.2, 0.25) is 0 Å². The van der Waals surface area contributed by atoms with Crippen molar-refractivity contribution < 1.29 is 24.3 Å². The summed E-state index contributed by atoms with van der Waals surface area (Å²) in [6.07, 6.45) is 1.07. The zero-order valence-corrected chi connectivity index (χ0v) is 12.4. The molecule has 8 heteroatoms. The third-order valence-corrected chi connectivity index (χ3v) is 3.31. The summed E-state index contributed by atoms with van der Waals surface area (Å²) in [4.78, 5) is 49.3. The molecule has 0 aromatic rings. The largest absolute Gasteiger partial charge is 0.481 e. The van der Waals surface area contributed by atoms with E-state index in [0.29, 0.717) is 19.4 Å². The second-order valence-electron chi connectivity index (χ2n) is 5.10. The van der Waals surface area contributed by atoms with Crippen LogP contribution >= 0.6 is 0 Å². The minimum Gasteiger partial charge on any atom is -0.481 e. The molecule has 0 unspecified atom stereocenters. The minimum absolute atomic E-state index is 0.0285. The van der Waals surface area contributed by atoms with Crippen LogP contribution in [-0.2, 0) is 14.4 Å². The van der Waals surface area contributed by atoms with Gasteiger partial charge >= 0.3 is 12.0 Å². The van der Waals surface area contributed by atoms with Crippen LogP contribution in [0.4, 0.5) is 4.79 Å². The highest BCUT2D eigenvalue weighted by atomic mass is 16.4. The number of aliphatic carboxylic acids is 1. The summed E-state index contributed by atoms with van der Waals surface area (Å²) in [7, 11) is 3.17. The van der Waals surface area contributed by atoms with Crippen molar-refractivity contribution in [3.05, 3.63) is 0 Å². The van der Waals surface area contributed by atoms with Crippen LogP contribution in [-0.4, -0.2) is 77.4 Å². The van der Waals surface area contributed by atoms with Crippen LogP contribution in [0.1, 0.15) is 25.7 Å². The summed E-state index contributed by atoms with van der Waals surface area (Å²) in [5, 5.41) is 8.52. The molecular formula is C13H21N3O5. The van der Waals surface area contributed by atoms with Crippen molar-refractivity contribution in [2.75, 3.05) is 33.7 Å². The van der Waals surface area contributed by atoms with E-state index in [4.69, 9.17) is 5.11 Å². The molecule has 0 bridgehead atoms. The van der Waals surface area contributed by atoms with Crippen molar-refractivity contribution in [1.29, 1.82) is 0 Å². The Bertz CT molecular complexity index is 438. The van der Waals surface area contributed by atoms with Gasteiger partial charge in [0.25, 0.3) is 0 Å². The molecule has 1 aliphatic heterocycles. The number of likely N-dealkylation sites (N-methyl/N-ethyl adjacent to an activating group) is 1. The Labute approximate surface area is 123 Å². The van der Waals surface area contributed by atoms with E-state index in [1.807, 2.05) is 0 Å². The number of amides is 4. The average molecular weight is 299 g/mol. The summed E-state index contributed by atoms with van der Waals surface area (Å²) in [5.74, 6) is -1.25. The highest BCUT2D eigenvalue weighted by Crippen LogP contribution is 2.09. The maximum atomic E-state index is 11.8. The number of rotatable bonds is 8. The van der Waals surface area contributed by atoms with Crippen LogP contribution in [0.25, 0.3) is 0 Å². The van der Waals surface area contributed by atoms with Crippen molar-refractivity contribution in [2.45, 2.75) is 25.7 Å². The van der Waals surface area contributed by atoms with Gasteiger partial charge in [0, 0.05) is 40.0 Å². The molecule has 0 saturated carbocycles. The molecule has 1 rings (SSSR count). The standard InChI is InChI=1S/C13H21N3O5/c1-14(7-4-6-12(19)20)10(17)5-3-8-16-11(18)9-15(2)13(16)21/h3-9H2,1-2H3,(H,19,20). The monoisotopic (exact) mass is 299 g/mol. The van der Waals surface area contributed by atoms with Crippen molar-refractivity contribution in [3.63, 3.8) is 0 Å². The van der Waals surface area contributed by atoms with Gasteiger partial charge in [0.05, 0.1) is 0 Å². The second-order valence-corrected chi connectivity index (χ2v) is 5.10. The van der Waals surface area contributed by atoms with Gasteiger partial charge in [-0.05, 0) is 12.8 Å². The number of carbonyl (C=O) groups excluding carboxylic acids is 3. The van der Waals surface area contributed by atoms with Crippen molar-refractivity contribution >= 4 is 23.8 Å². The van der Waals surface area contributed by atoms with Crippen LogP contribution in [0.15, 0.2) is 0 Å². The molecule has 0 aromatic heterocycles. The summed E-state index contributed by atoms with van der Waals surface area (Å²) >= 11 is 0. The quantitative estimate of drug-likeness (QED) is 0.635. The smallest absolute Gasteiger partial charge is 0.326 e. The van der Waals surface area contributed by atoms with Gasteiger partial charge < -0.3 is 14.9 Å². The van der Waals surface area contributed by atoms with Gasteiger partial charge in [0.1, 0.15) is 6.54 Å². The Kier molecular flexibility index (Phi) is 6.13. The van der Waals surface area contributed by atoms with Gasteiger partial charge in [-0.3, -0.25) is 19.3 Å². The van der Waals surface area contributed by atoms with E-state index in [9.17, 15) is 19.2 Å². The first-order valence-corrected chi connectivity index (χ1v) is 6.84. The normalized spacial score (nSPS) is 14.8. The van der Waals surface area contributed by atoms with Gasteiger partial charge in [-0.15, -0.1) is 0 Å². The zero-order valence-electron chi connectivity index (χ0n) is 12.4. The molecule has 0 aliphatic carbocycles. The number of hydrogen-bond acceptors (Lipinski definition) is 4. The number of nitrogens with zero attached hydrogens (tertiary/aromatic N) is 3. The van der Waals surface area contributed by atoms with Crippen LogP contribution < -0.4 is 0 Å². The third-order valence-electron chi connectivity index (χ3n) is 3.31. The molecule has 1 aliphatic rings. The highest BCUT2D eigenvalue weighted by Gasteiger charge is 2.32. The Balaban J connectivity index is 2.25. The number of imide groups is 1. The van der Waals surface area contributed by atoms with E-state index in [0.717, 1.165) is 4.90 Å². The first-order chi connectivity index (χ1) is 9.82. The molecular weight excluding hydrogens is 278 g/mol. The average Bonchev–Trinajstić information content (AvgIpc) is 2.64. The lowest BCUT2D eigenvalue weighted by atomic mass is 10.2. The predicted molar refractivity (Wildman–Crippen MR) is 73.5 cm³/mol. The van der Waals surface area contributed by atoms with Gasteiger partial charge in [-0.2, -0.15) is 0 Å². The van der Waals surface area contributed by atoms with Crippen molar-refractivity contribution in [2.24, 2.45) is 0 Å². The number of carbonyl (C=O) groups is 4. The van der Waals surface area contributed by atoms with Gasteiger partial charge in [-0.25, -0.2) is 4.79 Å². The molecule has 1 heterocycles. The molecule has 1 saturated heterocycles. The SMILES string of the molecule is CN(CCCC(=O)O)C(=O)CCCN1C(=O)CN(C)C1=O. The zero-order chi connectivity index (χ0) is 16.0. The Morgan fingerprint density at radius 2 is 1.90 bits per heavy atom. The summed E-state index contributed by atoms with van der Waals surface area (Å²) in [5.41, 5.74) is 0. The van der Waals surface area contributed by atoms with Gasteiger partial charge in [-0.1, -0.05) is 0 Å². The van der Waals surface area contributed by atoms with Gasteiger partial charge in [0.15, 0.2) is 0 Å². The fraction of sp³-hybridized carbons (Fsp3) is 0.692. The lowest BCUT2D eigenvalue weighted by Crippen LogP contribution is -2.34. The van der Waals surface area contributed by atoms with Crippen LogP contribution in [0.5, 0.6) is 0 Å². The maximum Gasteiger partial charge on any atom is 0.326 e. The molecule has 0 radical (unpaired) electrons. The molecule has 0 atom stereocenters. The van der Waals surface area contributed by atoms with Crippen molar-refractivity contribution in [1.82, 2.24) is 14.7 Å². The van der Waals surface area contributed by atoms with E-state index >= 15 is 0 Å². The molecule has 1 fully saturated rings. The highest BCUT2D eigenvalue weighted by molar-refractivity contribution is 6.01. The summed E-state index contributed by atoms with van der Waals surface area (Å²) < 4.78 is 0. The minimum atomic E-state index is -0.883. The molecule has 8 nitrogen and oxygen atoms in total. The molecule has 1 N–H and O–H groups in total. The molecule has 4 amide bonds. The Morgan fingerprint density at radius 3 is 2.43 bits per heavy atom. The number of hydrogen-bond donors (Lipinski definition) is 1. The topological polar surface area (TPSA) is 98.2 Å². The van der Waals surface area contributed by atoms with E-state index < -0.39 is 5.97 Å². The van der Waals surface area contributed by atoms with E-state index in [2.05, 4.69) is 0 Å². The molecule has 21 heavy (non-hydrogen) atoms. The maximum absolute atomic E-state index is 11.8. The second kappa shape index (κ2) is 7.61. The number of carboxylic acids is 1. The van der Waals surface area contributed by atoms with E-state index in [1.54, 1.807) is 14.1 Å². The fourth-order valence-corrected chi connectivity index (χ4v) is 2.06. The lowest BCUT2D eigenvalue weighted by Gasteiger charge is -2.18. The van der Waals surface area contributed by atoms with Gasteiger partial charge in [0.2, 0.25) is 11.8 Å². The van der Waals surface area contributed by atoms with Crippen LogP contribution in [0.3, 0.4) is 0 Å². The molecule has 0 spiro atoms. The van der Waals surface area contributed by atoms with Crippen molar-refractivity contribution in [3.8, 4) is 0 Å². The molecule has 0 aromatic carbocycles. The van der Waals surface area contributed by atoms with E-state index in [1.165, 1.54) is 9.80 Å². The Morgan fingerprint density at radius 1 is 1.24 bits per heavy atom. The first kappa shape index (κ1) is 16.9. The third kappa shape index (κ3) is 5.05. The Hall–Kier alpha value is -2.12. The summed E-state index contributed by atoms with van der Waals surface area (Å²) in [6, 6.07) is -0.331. The van der Waals surface area contributed by atoms with E-state index in [-0.39, 0.29) is 43.8 Å². The number of carboxylic acid groups (broad SMARTS) is 1. The molecule has 118 valence electrons. The van der Waals surface area contributed by atoms with Crippen LogP contribution in [0, 0.1) is 0 Å².